The summed E-state index contributed by atoms with van der Waals surface area (Å²) in [6.07, 6.45) is 44.3. The first-order valence-electron chi connectivity index (χ1n) is 21.3. The molecule has 0 bridgehead atoms. The number of allylic oxidation sites excluding steroid dienone is 10. The van der Waals surface area contributed by atoms with E-state index in [1.54, 1.807) is 0 Å². The van der Waals surface area contributed by atoms with E-state index in [0.717, 1.165) is 64.2 Å². The fourth-order valence-corrected chi connectivity index (χ4v) is 6.18. The monoisotopic (exact) mass is 810 g/mol. The minimum atomic E-state index is -4.73. The van der Waals surface area contributed by atoms with Crippen LogP contribution in [0.4, 0.5) is 0 Å². The van der Waals surface area contributed by atoms with Crippen LogP contribution in [-0.4, -0.2) is 59.9 Å². The number of unbranched alkanes of at least 4 members (excludes halogenated alkanes) is 15. The van der Waals surface area contributed by atoms with Gasteiger partial charge in [-0.15, -0.1) is 0 Å². The summed E-state index contributed by atoms with van der Waals surface area (Å²) >= 11 is 0. The first-order chi connectivity index (χ1) is 27.1. The molecule has 0 aromatic rings. The lowest BCUT2D eigenvalue weighted by molar-refractivity contribution is -0.161. The smallest absolute Gasteiger partial charge is 0.472 e. The zero-order chi connectivity index (χ0) is 41.4. The number of hydrogen-bond donors (Lipinski definition) is 3. The van der Waals surface area contributed by atoms with Crippen molar-refractivity contribution in [3.8, 4) is 0 Å². The Morgan fingerprint density at radius 3 is 1.55 bits per heavy atom. The largest absolute Gasteiger partial charge is 0.480 e. The molecular formula is C44H76NO10P. The van der Waals surface area contributed by atoms with Crippen molar-refractivity contribution in [1.82, 2.24) is 0 Å². The number of phosphoric ester groups is 1. The second-order valence-corrected chi connectivity index (χ2v) is 15.5. The molecule has 0 rings (SSSR count). The maximum Gasteiger partial charge on any atom is 0.472 e. The number of phosphoric acid groups is 1. The summed E-state index contributed by atoms with van der Waals surface area (Å²) in [6.45, 7) is 2.63. The van der Waals surface area contributed by atoms with Crippen LogP contribution in [0.3, 0.4) is 0 Å². The topological polar surface area (TPSA) is 172 Å². The normalized spacial score (nSPS) is 14.4. The Morgan fingerprint density at radius 1 is 0.571 bits per heavy atom. The van der Waals surface area contributed by atoms with Crippen LogP contribution in [-0.2, 0) is 37.5 Å². The van der Waals surface area contributed by atoms with Crippen LogP contribution in [0.25, 0.3) is 0 Å². The SMILES string of the molecule is CC/C=C\C/C=C\C/C=C\C/C=C\CCCCC(=O)OC(COC(=O)CCCCCCCCC/C=C\CCCCCCCC)COP(=O)(O)OCC(N)C(=O)O. The average molecular weight is 810 g/mol. The number of nitrogens with two attached hydrogens (primary N) is 1. The highest BCUT2D eigenvalue weighted by Crippen LogP contribution is 2.43. The summed E-state index contributed by atoms with van der Waals surface area (Å²) in [5.41, 5.74) is 5.32. The highest BCUT2D eigenvalue weighted by Gasteiger charge is 2.28. The number of hydrogen-bond acceptors (Lipinski definition) is 9. The van der Waals surface area contributed by atoms with E-state index in [9.17, 15) is 23.8 Å². The molecule has 56 heavy (non-hydrogen) atoms. The van der Waals surface area contributed by atoms with Crippen LogP contribution >= 0.6 is 7.82 Å². The first kappa shape index (κ1) is 53.2. The third-order valence-corrected chi connectivity index (χ3v) is 9.70. The fraction of sp³-hybridized carbons (Fsp3) is 0.705. The van der Waals surface area contributed by atoms with Crippen LogP contribution in [0.1, 0.15) is 168 Å². The van der Waals surface area contributed by atoms with Gasteiger partial charge in [-0.05, 0) is 77.0 Å². The van der Waals surface area contributed by atoms with Gasteiger partial charge in [0.25, 0.3) is 0 Å². The Balaban J connectivity index is 4.44. The van der Waals surface area contributed by atoms with Gasteiger partial charge in [0.2, 0.25) is 0 Å². The highest BCUT2D eigenvalue weighted by molar-refractivity contribution is 7.47. The van der Waals surface area contributed by atoms with Crippen LogP contribution in [0, 0.1) is 0 Å². The molecule has 0 saturated heterocycles. The number of carboxylic acid groups (broad SMARTS) is 1. The van der Waals surface area contributed by atoms with E-state index in [0.29, 0.717) is 12.8 Å². The van der Waals surface area contributed by atoms with E-state index in [2.05, 4.69) is 79.1 Å². The summed E-state index contributed by atoms with van der Waals surface area (Å²) in [6, 6.07) is -1.53. The van der Waals surface area contributed by atoms with Crippen LogP contribution in [0.15, 0.2) is 60.8 Å². The summed E-state index contributed by atoms with van der Waals surface area (Å²) in [5.74, 6) is -2.44. The van der Waals surface area contributed by atoms with E-state index in [1.165, 1.54) is 64.2 Å². The Kier molecular flexibility index (Phi) is 37.1. The van der Waals surface area contributed by atoms with Gasteiger partial charge in [-0.3, -0.25) is 23.4 Å². The minimum absolute atomic E-state index is 0.106. The molecule has 12 heteroatoms. The van der Waals surface area contributed by atoms with Gasteiger partial charge >= 0.3 is 25.7 Å². The van der Waals surface area contributed by atoms with Crippen LogP contribution < -0.4 is 5.73 Å². The quantitative estimate of drug-likeness (QED) is 0.0233. The summed E-state index contributed by atoms with van der Waals surface area (Å²) < 4.78 is 32.6. The molecule has 0 aromatic heterocycles. The summed E-state index contributed by atoms with van der Waals surface area (Å²) in [5, 5.41) is 8.88. The number of rotatable bonds is 39. The molecule has 0 spiro atoms. The van der Waals surface area contributed by atoms with E-state index in [1.807, 2.05) is 0 Å². The molecule has 0 amide bonds. The van der Waals surface area contributed by atoms with E-state index >= 15 is 0 Å². The first-order valence-corrected chi connectivity index (χ1v) is 22.8. The molecule has 0 radical (unpaired) electrons. The van der Waals surface area contributed by atoms with Gasteiger partial charge in [0.05, 0.1) is 13.2 Å². The molecule has 11 nitrogen and oxygen atoms in total. The standard InChI is InChI=1S/C44H76NO10P/c1-3-5-7-9-11-13-15-17-19-20-22-23-25-27-29-31-33-35-42(46)52-37-40(38-53-56(50,51)54-39-41(45)44(48)49)55-43(47)36-34-32-30-28-26-24-21-18-16-14-12-10-8-6-4-2/h6,8,12,14,17-19,21,26,28,40-41H,3-5,7,9-11,13,15-16,20,22-25,27,29-39,45H2,1-2H3,(H,48,49)(H,50,51)/b8-6-,14-12-,19-17-,21-18-,28-26-. The molecule has 0 heterocycles. The fourth-order valence-electron chi connectivity index (χ4n) is 5.40. The van der Waals surface area contributed by atoms with E-state index < -0.39 is 51.1 Å². The molecule has 0 fully saturated rings. The van der Waals surface area contributed by atoms with Crippen molar-refractivity contribution >= 4 is 25.7 Å². The van der Waals surface area contributed by atoms with Crippen LogP contribution in [0.5, 0.6) is 0 Å². The van der Waals surface area contributed by atoms with Crippen molar-refractivity contribution in [2.75, 3.05) is 19.8 Å². The molecule has 0 aromatic carbocycles. The lowest BCUT2D eigenvalue weighted by atomic mass is 10.1. The molecule has 322 valence electrons. The predicted octanol–water partition coefficient (Wildman–Crippen LogP) is 11.2. The van der Waals surface area contributed by atoms with Gasteiger partial charge in [0.1, 0.15) is 12.6 Å². The van der Waals surface area contributed by atoms with Gasteiger partial charge < -0.3 is 25.2 Å². The Labute approximate surface area is 338 Å². The maximum atomic E-state index is 12.6. The van der Waals surface area contributed by atoms with Crippen molar-refractivity contribution in [1.29, 1.82) is 0 Å². The van der Waals surface area contributed by atoms with Crippen molar-refractivity contribution in [2.45, 2.75) is 180 Å². The molecule has 0 aliphatic heterocycles. The van der Waals surface area contributed by atoms with Crippen LogP contribution in [0.2, 0.25) is 0 Å². The summed E-state index contributed by atoms with van der Waals surface area (Å²) in [4.78, 5) is 45.9. The number of carbonyl (C=O) groups is 3. The lowest BCUT2D eigenvalue weighted by Crippen LogP contribution is -2.34. The number of esters is 2. The minimum Gasteiger partial charge on any atom is -0.480 e. The van der Waals surface area contributed by atoms with E-state index in [4.69, 9.17) is 24.8 Å². The second kappa shape index (κ2) is 39.0. The third kappa shape index (κ3) is 38.1. The van der Waals surface area contributed by atoms with Gasteiger partial charge in [-0.1, -0.05) is 139 Å². The third-order valence-electron chi connectivity index (χ3n) is 8.75. The lowest BCUT2D eigenvalue weighted by Gasteiger charge is -2.20. The molecule has 3 atom stereocenters. The molecule has 4 N–H and O–H groups in total. The van der Waals surface area contributed by atoms with Crippen molar-refractivity contribution in [3.05, 3.63) is 60.8 Å². The zero-order valence-electron chi connectivity index (χ0n) is 34.7. The Morgan fingerprint density at radius 2 is 1.00 bits per heavy atom. The van der Waals surface area contributed by atoms with E-state index in [-0.39, 0.29) is 19.4 Å². The average Bonchev–Trinajstić information content (AvgIpc) is 3.17. The van der Waals surface area contributed by atoms with Gasteiger partial charge in [-0.25, -0.2) is 4.57 Å². The van der Waals surface area contributed by atoms with Gasteiger partial charge in [0, 0.05) is 12.8 Å². The highest BCUT2D eigenvalue weighted by atomic mass is 31.2. The van der Waals surface area contributed by atoms with Crippen molar-refractivity contribution in [2.24, 2.45) is 5.73 Å². The zero-order valence-corrected chi connectivity index (χ0v) is 35.6. The Bertz CT molecular complexity index is 1180. The second-order valence-electron chi connectivity index (χ2n) is 14.1. The molecule has 0 aliphatic rings. The Hall–Kier alpha value is -2.82. The van der Waals surface area contributed by atoms with Crippen molar-refractivity contribution in [3.63, 3.8) is 0 Å². The molecule has 0 saturated carbocycles. The number of carboxylic acids is 1. The number of aliphatic carboxylic acids is 1. The van der Waals surface area contributed by atoms with Gasteiger partial charge in [0.15, 0.2) is 6.10 Å². The van der Waals surface area contributed by atoms with Crippen molar-refractivity contribution < 1.29 is 47.5 Å². The maximum absolute atomic E-state index is 12.6. The number of ether oxygens (including phenoxy) is 2. The molecule has 3 unspecified atom stereocenters. The predicted molar refractivity (Wildman–Crippen MR) is 226 cm³/mol. The number of carbonyl (C=O) groups excluding carboxylic acids is 2. The molecule has 0 aliphatic carbocycles. The summed E-state index contributed by atoms with van der Waals surface area (Å²) in [7, 11) is -4.73. The van der Waals surface area contributed by atoms with Gasteiger partial charge in [-0.2, -0.15) is 0 Å². The molecular weight excluding hydrogens is 733 g/mol.